The summed E-state index contributed by atoms with van der Waals surface area (Å²) in [4.78, 5) is 10.7. The molecule has 0 bridgehead atoms. The number of aryl methyl sites for hydroxylation is 1. The predicted octanol–water partition coefficient (Wildman–Crippen LogP) is 2.56. The Hall–Kier alpha value is -0.990. The third kappa shape index (κ3) is 3.81. The molecular weight excluding hydrogens is 317 g/mol. The number of aromatic carboxylic acids is 1. The van der Waals surface area contributed by atoms with Crippen molar-refractivity contribution in [3.8, 4) is 0 Å². The van der Waals surface area contributed by atoms with E-state index >= 15 is 0 Å². The van der Waals surface area contributed by atoms with Crippen molar-refractivity contribution >= 4 is 27.3 Å². The molecule has 1 heterocycles. The third-order valence-electron chi connectivity index (χ3n) is 3.66. The topological polar surface area (TPSA) is 83.5 Å². The quantitative estimate of drug-likeness (QED) is 0.866. The summed E-state index contributed by atoms with van der Waals surface area (Å²) in [5.41, 5.74) is 0.414. The van der Waals surface area contributed by atoms with E-state index in [1.807, 2.05) is 0 Å². The normalized spacial score (nSPS) is 23.1. The van der Waals surface area contributed by atoms with Gasteiger partial charge in [-0.3, -0.25) is 0 Å². The lowest BCUT2D eigenvalue weighted by Crippen LogP contribution is -2.33. The van der Waals surface area contributed by atoms with E-state index in [1.165, 1.54) is 5.38 Å². The Balaban J connectivity index is 2.12. The van der Waals surface area contributed by atoms with Gasteiger partial charge in [0.1, 0.15) is 15.9 Å². The molecule has 8 heteroatoms. The van der Waals surface area contributed by atoms with Gasteiger partial charge in [0.25, 0.3) is 0 Å². The molecule has 1 aromatic rings. The molecule has 0 radical (unpaired) electrons. The summed E-state index contributed by atoms with van der Waals surface area (Å²) in [6.45, 7) is 1.72. The van der Waals surface area contributed by atoms with Gasteiger partial charge in [-0.2, -0.15) is 0 Å². The summed E-state index contributed by atoms with van der Waals surface area (Å²) in [5, 5.41) is 10.6. The molecular formula is C13H18FNO4S2. The number of hydrogen-bond donors (Lipinski definition) is 2. The first-order chi connectivity index (χ1) is 9.81. The molecule has 1 saturated carbocycles. The molecule has 1 fully saturated rings. The molecule has 1 aliphatic carbocycles. The smallest absolute Gasteiger partial charge is 0.347 e. The first kappa shape index (κ1) is 16.4. The molecule has 2 atom stereocenters. The summed E-state index contributed by atoms with van der Waals surface area (Å²) in [6, 6.07) is 0. The largest absolute Gasteiger partial charge is 0.477 e. The number of nitrogens with one attached hydrogen (secondary N) is 1. The van der Waals surface area contributed by atoms with Crippen molar-refractivity contribution in [2.45, 2.75) is 43.7 Å². The van der Waals surface area contributed by atoms with E-state index in [1.54, 1.807) is 6.92 Å². The van der Waals surface area contributed by atoms with E-state index in [4.69, 9.17) is 5.11 Å². The first-order valence-electron chi connectivity index (χ1n) is 6.76. The van der Waals surface area contributed by atoms with Gasteiger partial charge in [0.05, 0.1) is 0 Å². The lowest BCUT2D eigenvalue weighted by Gasteiger charge is -2.24. The van der Waals surface area contributed by atoms with Crippen molar-refractivity contribution in [2.75, 3.05) is 6.54 Å². The van der Waals surface area contributed by atoms with Crippen molar-refractivity contribution < 1.29 is 22.7 Å². The monoisotopic (exact) mass is 335 g/mol. The summed E-state index contributed by atoms with van der Waals surface area (Å²) in [6.07, 6.45) is 1.57. The maximum absolute atomic E-state index is 13.3. The number of thiophene rings is 1. The van der Waals surface area contributed by atoms with Crippen LogP contribution >= 0.6 is 11.3 Å². The van der Waals surface area contributed by atoms with Gasteiger partial charge in [0.15, 0.2) is 0 Å². The molecule has 1 aromatic heterocycles. The van der Waals surface area contributed by atoms with Gasteiger partial charge in [-0.15, -0.1) is 11.3 Å². The highest BCUT2D eigenvalue weighted by molar-refractivity contribution is 7.89. The molecule has 0 saturated heterocycles. The average Bonchev–Trinajstić information content (AvgIpc) is 2.80. The summed E-state index contributed by atoms with van der Waals surface area (Å²) in [5.74, 6) is -1.29. The molecule has 2 unspecified atom stereocenters. The van der Waals surface area contributed by atoms with Crippen molar-refractivity contribution in [1.82, 2.24) is 4.72 Å². The lowest BCUT2D eigenvalue weighted by molar-refractivity contribution is 0.0698. The minimum atomic E-state index is -3.88. The van der Waals surface area contributed by atoms with Crippen molar-refractivity contribution in [3.63, 3.8) is 0 Å². The van der Waals surface area contributed by atoms with E-state index < -0.39 is 22.2 Å². The molecule has 2 N–H and O–H groups in total. The van der Waals surface area contributed by atoms with Crippen molar-refractivity contribution in [3.05, 3.63) is 15.8 Å². The number of alkyl halides is 1. The minimum Gasteiger partial charge on any atom is -0.477 e. The maximum Gasteiger partial charge on any atom is 0.347 e. The molecule has 0 aromatic carbocycles. The minimum absolute atomic E-state index is 0.0317. The van der Waals surface area contributed by atoms with Crippen LogP contribution in [0.1, 0.15) is 40.9 Å². The van der Waals surface area contributed by atoms with Crippen LogP contribution in [0.4, 0.5) is 4.39 Å². The van der Waals surface area contributed by atoms with Crippen LogP contribution in [0.3, 0.4) is 0 Å². The summed E-state index contributed by atoms with van der Waals surface area (Å²) < 4.78 is 40.3. The second kappa shape index (κ2) is 6.41. The number of rotatable bonds is 5. The zero-order valence-electron chi connectivity index (χ0n) is 11.6. The summed E-state index contributed by atoms with van der Waals surface area (Å²) in [7, 11) is -3.88. The van der Waals surface area contributed by atoms with Gasteiger partial charge in [-0.25, -0.2) is 22.3 Å². The van der Waals surface area contributed by atoms with Crippen LogP contribution in [-0.4, -0.2) is 32.2 Å². The molecule has 1 aliphatic rings. The zero-order chi connectivity index (χ0) is 15.6. The van der Waals surface area contributed by atoms with Gasteiger partial charge in [-0.1, -0.05) is 6.42 Å². The number of halogens is 1. The zero-order valence-corrected chi connectivity index (χ0v) is 13.3. The van der Waals surface area contributed by atoms with Crippen LogP contribution < -0.4 is 4.72 Å². The van der Waals surface area contributed by atoms with Crippen LogP contribution in [0.5, 0.6) is 0 Å². The van der Waals surface area contributed by atoms with Gasteiger partial charge in [-0.05, 0) is 43.0 Å². The number of carboxylic acid groups (broad SMARTS) is 1. The number of hydrogen-bond acceptors (Lipinski definition) is 4. The molecule has 118 valence electrons. The van der Waals surface area contributed by atoms with Crippen molar-refractivity contribution in [1.29, 1.82) is 0 Å². The Morgan fingerprint density at radius 1 is 1.52 bits per heavy atom. The Morgan fingerprint density at radius 2 is 2.24 bits per heavy atom. The van der Waals surface area contributed by atoms with Crippen molar-refractivity contribution in [2.24, 2.45) is 5.92 Å². The first-order valence-corrected chi connectivity index (χ1v) is 9.12. The standard InChI is InChI=1S/C13H18FNO4S2/c1-8-7-20-11(13(16)17)12(8)21(18,19)15-6-9-3-2-4-10(14)5-9/h7,9-10,15H,2-6H2,1H3,(H,16,17). The Labute approximate surface area is 127 Å². The van der Waals surface area contributed by atoms with E-state index in [0.29, 0.717) is 18.4 Å². The number of sulfonamides is 1. The summed E-state index contributed by atoms with van der Waals surface area (Å²) >= 11 is 0.894. The van der Waals surface area contributed by atoms with E-state index in [2.05, 4.69) is 4.72 Å². The maximum atomic E-state index is 13.3. The second-order valence-electron chi connectivity index (χ2n) is 5.36. The van der Waals surface area contributed by atoms with E-state index in [0.717, 1.165) is 24.2 Å². The highest BCUT2D eigenvalue weighted by Crippen LogP contribution is 2.29. The third-order valence-corrected chi connectivity index (χ3v) is 6.49. The van der Waals surface area contributed by atoms with Gasteiger partial charge >= 0.3 is 5.97 Å². The molecule has 2 rings (SSSR count). The predicted molar refractivity (Wildman–Crippen MR) is 78.1 cm³/mol. The highest BCUT2D eigenvalue weighted by atomic mass is 32.2. The highest BCUT2D eigenvalue weighted by Gasteiger charge is 2.28. The fraction of sp³-hybridized carbons (Fsp3) is 0.615. The fourth-order valence-electron chi connectivity index (χ4n) is 2.63. The molecule has 21 heavy (non-hydrogen) atoms. The molecule has 0 aliphatic heterocycles. The van der Waals surface area contributed by atoms with Crippen LogP contribution in [0.25, 0.3) is 0 Å². The van der Waals surface area contributed by atoms with E-state index in [-0.39, 0.29) is 22.2 Å². The van der Waals surface area contributed by atoms with Gasteiger partial charge in [0, 0.05) is 6.54 Å². The average molecular weight is 335 g/mol. The van der Waals surface area contributed by atoms with Crippen LogP contribution in [-0.2, 0) is 10.0 Å². The molecule has 0 amide bonds. The Kier molecular flexibility index (Phi) is 5.00. The van der Waals surface area contributed by atoms with Crippen LogP contribution in [0.2, 0.25) is 0 Å². The Bertz CT molecular complexity index is 626. The van der Waals surface area contributed by atoms with Gasteiger partial charge in [0.2, 0.25) is 10.0 Å². The number of carboxylic acids is 1. The second-order valence-corrected chi connectivity index (χ2v) is 7.95. The van der Waals surface area contributed by atoms with Gasteiger partial charge < -0.3 is 5.11 Å². The number of carbonyl (C=O) groups is 1. The molecule has 5 nitrogen and oxygen atoms in total. The Morgan fingerprint density at radius 3 is 2.86 bits per heavy atom. The van der Waals surface area contributed by atoms with E-state index in [9.17, 15) is 17.6 Å². The molecule has 0 spiro atoms. The fourth-order valence-corrected chi connectivity index (χ4v) is 5.37. The van der Waals surface area contributed by atoms with Crippen LogP contribution in [0.15, 0.2) is 10.3 Å². The SMILES string of the molecule is Cc1csc(C(=O)O)c1S(=O)(=O)NCC1CCCC(F)C1. The van der Waals surface area contributed by atoms with Crippen LogP contribution in [0, 0.1) is 12.8 Å². The lowest BCUT2D eigenvalue weighted by atomic mass is 9.88.